The monoisotopic (exact) mass is 583 g/mol. The van der Waals surface area contributed by atoms with Crippen molar-refractivity contribution in [3.63, 3.8) is 0 Å². The van der Waals surface area contributed by atoms with Gasteiger partial charge in [-0.25, -0.2) is 0 Å². The number of carbonyl (C=O) groups excluding carboxylic acids is 1. The summed E-state index contributed by atoms with van der Waals surface area (Å²) in [6.45, 7) is -0.361. The second-order valence-electron chi connectivity index (χ2n) is 7.97. The fourth-order valence-electron chi connectivity index (χ4n) is 3.20. The zero-order chi connectivity index (χ0) is 27.5. The first kappa shape index (κ1) is 30.1. The van der Waals surface area contributed by atoms with Crippen molar-refractivity contribution >= 4 is 56.8 Å². The molecule has 2 aromatic rings. The average molecular weight is 584 g/mol. The molecule has 1 aliphatic rings. The lowest BCUT2D eigenvalue weighted by Crippen LogP contribution is -2.58. The van der Waals surface area contributed by atoms with Crippen LogP contribution in [-0.2, 0) is 14.3 Å². The minimum atomic E-state index is -1.68. The molecule has 1 fully saturated rings. The molecule has 3 rings (SSSR count). The lowest BCUT2D eigenvalue weighted by atomic mass is 9.99. The van der Waals surface area contributed by atoms with Crippen molar-refractivity contribution in [1.82, 2.24) is 5.43 Å². The summed E-state index contributed by atoms with van der Waals surface area (Å²) in [5, 5.41) is 46.2. The molecule has 1 aliphatic heterocycles. The molecule has 0 radical (unpaired) electrons. The number of nitrogens with zero attached hydrogens (tertiary/aromatic N) is 1. The van der Waals surface area contributed by atoms with Gasteiger partial charge in [-0.2, -0.15) is 5.10 Å². The van der Waals surface area contributed by atoms with Crippen molar-refractivity contribution in [1.29, 1.82) is 0 Å². The number of carbonyl (C=O) groups is 1. The molecule has 14 heteroatoms. The van der Waals surface area contributed by atoms with E-state index in [2.05, 4.69) is 15.8 Å². The van der Waals surface area contributed by atoms with E-state index in [1.807, 2.05) is 48.5 Å². The summed E-state index contributed by atoms with van der Waals surface area (Å²) in [5.41, 5.74) is 4.43. The third kappa shape index (κ3) is 9.10. The summed E-state index contributed by atoms with van der Waals surface area (Å²) in [4.78, 5) is 13.0. The van der Waals surface area contributed by atoms with Crippen LogP contribution in [0.2, 0.25) is 0 Å². The van der Waals surface area contributed by atoms with Crippen LogP contribution in [0, 0.1) is 0 Å². The van der Waals surface area contributed by atoms with Crippen LogP contribution >= 0.6 is 33.8 Å². The number of methoxy groups -OCH3 is 1. The zero-order valence-electron chi connectivity index (χ0n) is 20.3. The minimum Gasteiger partial charge on any atom is -0.497 e. The molecule has 0 unspecified atom stereocenters. The molecule has 0 bridgehead atoms. The second-order valence-corrected chi connectivity index (χ2v) is 10.8. The van der Waals surface area contributed by atoms with Crippen molar-refractivity contribution in [2.45, 2.75) is 42.0 Å². The highest BCUT2D eigenvalue weighted by Gasteiger charge is 2.43. The van der Waals surface area contributed by atoms with E-state index < -0.39 is 36.7 Å². The molecule has 0 spiro atoms. The van der Waals surface area contributed by atoms with E-state index in [0.717, 1.165) is 21.9 Å². The SMILES string of the molecule is COc1ccc(NC(=S)N/N=C/c2ccccc2SSCCC(=O)OC[C@H]2O[C@H](O)[C@H](O)[C@@H](O)[C@@H]2O)cc1. The minimum absolute atomic E-state index is 0.0946. The molecule has 6 N–H and O–H groups in total. The molecule has 206 valence electrons. The third-order valence-electron chi connectivity index (χ3n) is 5.27. The molecule has 1 heterocycles. The molecule has 38 heavy (non-hydrogen) atoms. The van der Waals surface area contributed by atoms with E-state index in [1.54, 1.807) is 13.3 Å². The topological polar surface area (TPSA) is 162 Å². The average Bonchev–Trinajstić information content (AvgIpc) is 2.92. The van der Waals surface area contributed by atoms with Crippen molar-refractivity contribution in [2.24, 2.45) is 5.10 Å². The fourth-order valence-corrected chi connectivity index (χ4v) is 5.52. The van der Waals surface area contributed by atoms with E-state index in [9.17, 15) is 25.2 Å². The maximum atomic E-state index is 12.1. The lowest BCUT2D eigenvalue weighted by Gasteiger charge is -2.37. The number of anilines is 1. The molecule has 2 aromatic carbocycles. The van der Waals surface area contributed by atoms with Crippen molar-refractivity contribution in [2.75, 3.05) is 24.8 Å². The zero-order valence-corrected chi connectivity index (χ0v) is 22.7. The van der Waals surface area contributed by atoms with Crippen LogP contribution < -0.4 is 15.5 Å². The predicted octanol–water partition coefficient (Wildman–Crippen LogP) is 1.49. The highest BCUT2D eigenvalue weighted by molar-refractivity contribution is 8.76. The first-order chi connectivity index (χ1) is 18.3. The quantitative estimate of drug-likeness (QED) is 0.0564. The van der Waals surface area contributed by atoms with E-state index in [4.69, 9.17) is 26.4 Å². The molecule has 0 saturated carbocycles. The third-order valence-corrected chi connectivity index (χ3v) is 7.90. The second kappa shape index (κ2) is 15.2. The number of hydrogen-bond donors (Lipinski definition) is 6. The fraction of sp³-hybridized carbons (Fsp3) is 0.375. The molecule has 0 aliphatic carbocycles. The van der Waals surface area contributed by atoms with Crippen LogP contribution in [0.15, 0.2) is 58.5 Å². The van der Waals surface area contributed by atoms with Gasteiger partial charge >= 0.3 is 5.97 Å². The highest BCUT2D eigenvalue weighted by Crippen LogP contribution is 2.33. The van der Waals surface area contributed by atoms with Crippen molar-refractivity contribution in [3.8, 4) is 5.75 Å². The van der Waals surface area contributed by atoms with Crippen LogP contribution in [0.4, 0.5) is 5.69 Å². The number of thiocarbonyl (C=S) groups is 1. The summed E-state index contributed by atoms with van der Waals surface area (Å²) in [7, 11) is 4.52. The van der Waals surface area contributed by atoms with Gasteiger partial charge in [0.15, 0.2) is 11.4 Å². The largest absolute Gasteiger partial charge is 0.497 e. The molecule has 5 atom stereocenters. The van der Waals surface area contributed by atoms with Crippen LogP contribution in [0.3, 0.4) is 0 Å². The maximum Gasteiger partial charge on any atom is 0.306 e. The molecule has 1 saturated heterocycles. The lowest BCUT2D eigenvalue weighted by molar-refractivity contribution is -0.287. The smallest absolute Gasteiger partial charge is 0.306 e. The van der Waals surface area contributed by atoms with Gasteiger partial charge in [0, 0.05) is 21.9 Å². The first-order valence-electron chi connectivity index (χ1n) is 11.4. The Bertz CT molecular complexity index is 1090. The Labute approximate surface area is 233 Å². The molecule has 11 nitrogen and oxygen atoms in total. The van der Waals surface area contributed by atoms with Gasteiger partial charge in [-0.1, -0.05) is 39.8 Å². The number of benzene rings is 2. The van der Waals surface area contributed by atoms with Gasteiger partial charge in [0.1, 0.15) is 36.8 Å². The van der Waals surface area contributed by atoms with Crippen LogP contribution in [0.25, 0.3) is 0 Å². The predicted molar refractivity (Wildman–Crippen MR) is 149 cm³/mol. The van der Waals surface area contributed by atoms with Gasteiger partial charge in [-0.05, 0) is 42.5 Å². The summed E-state index contributed by atoms with van der Waals surface area (Å²) in [6.07, 6.45) is -5.82. The summed E-state index contributed by atoms with van der Waals surface area (Å²) in [6, 6.07) is 14.9. The number of hydrogen-bond acceptors (Lipinski definition) is 12. The van der Waals surface area contributed by atoms with Gasteiger partial charge in [0.25, 0.3) is 0 Å². The number of ether oxygens (including phenoxy) is 3. The Morgan fingerprint density at radius 2 is 1.84 bits per heavy atom. The summed E-state index contributed by atoms with van der Waals surface area (Å²) >= 11 is 5.26. The first-order valence-corrected chi connectivity index (χ1v) is 14.2. The van der Waals surface area contributed by atoms with E-state index in [1.165, 1.54) is 21.6 Å². The Morgan fingerprint density at radius 1 is 1.11 bits per heavy atom. The van der Waals surface area contributed by atoms with Crippen molar-refractivity contribution in [3.05, 3.63) is 54.1 Å². The number of esters is 1. The van der Waals surface area contributed by atoms with Crippen LogP contribution in [0.1, 0.15) is 12.0 Å². The molecule has 0 aromatic heterocycles. The van der Waals surface area contributed by atoms with Crippen LogP contribution in [-0.4, -0.2) is 87.9 Å². The van der Waals surface area contributed by atoms with Gasteiger partial charge in [0.2, 0.25) is 0 Å². The van der Waals surface area contributed by atoms with E-state index in [0.29, 0.717) is 10.9 Å². The van der Waals surface area contributed by atoms with Gasteiger partial charge in [-0.3, -0.25) is 10.2 Å². The Morgan fingerprint density at radius 3 is 2.58 bits per heavy atom. The van der Waals surface area contributed by atoms with Crippen LogP contribution in [0.5, 0.6) is 5.75 Å². The number of aliphatic hydroxyl groups is 4. The Kier molecular flexibility index (Phi) is 12.1. The Hall–Kier alpha value is -2.43. The molecular formula is C24H29N3O8S3. The number of hydrazone groups is 1. The Balaban J connectivity index is 1.38. The highest BCUT2D eigenvalue weighted by atomic mass is 33.1. The van der Waals surface area contributed by atoms with Gasteiger partial charge in [-0.15, -0.1) is 0 Å². The van der Waals surface area contributed by atoms with E-state index >= 15 is 0 Å². The molecule has 0 amide bonds. The maximum absolute atomic E-state index is 12.1. The number of rotatable bonds is 11. The number of nitrogens with one attached hydrogen (secondary N) is 2. The summed E-state index contributed by atoms with van der Waals surface area (Å²) in [5.74, 6) is 0.662. The standard InChI is InChI=1S/C24H29N3O8S3/c1-33-16-8-6-15(7-9-16)26-24(36)27-25-12-14-4-2-3-5-18(14)38-37-11-10-19(28)34-13-17-20(29)21(30)22(31)23(32)35-17/h2-9,12,17,20-23,29-32H,10-11,13H2,1H3,(H2,26,27,36)/b25-12+/t17-,20-,21+,22-,23+/m1/s1. The van der Waals surface area contributed by atoms with E-state index in [-0.39, 0.29) is 13.0 Å². The van der Waals surface area contributed by atoms with Gasteiger partial charge < -0.3 is 40.0 Å². The number of aliphatic hydroxyl groups excluding tert-OH is 4. The molecular weight excluding hydrogens is 554 g/mol. The normalized spacial score (nSPS) is 23.1. The van der Waals surface area contributed by atoms with Gasteiger partial charge in [0.05, 0.1) is 19.7 Å². The van der Waals surface area contributed by atoms with Crippen molar-refractivity contribution < 1.29 is 39.4 Å². The summed E-state index contributed by atoms with van der Waals surface area (Å²) < 4.78 is 15.2.